The molecule has 4 aromatic heterocycles. The first kappa shape index (κ1) is 44.3. The maximum Gasteiger partial charge on any atom is 0.161 e. The van der Waals surface area contributed by atoms with Gasteiger partial charge in [0.2, 0.25) is 0 Å². The number of fused-ring (bicyclic) bond motifs is 9. The van der Waals surface area contributed by atoms with Gasteiger partial charge in [0.15, 0.2) is 5.82 Å². The Balaban J connectivity index is 0.938. The lowest BCUT2D eigenvalue weighted by Crippen LogP contribution is -2.03. The molecule has 4 heterocycles. The van der Waals surface area contributed by atoms with Gasteiger partial charge in [-0.25, -0.2) is 9.97 Å². The molecule has 0 aliphatic carbocycles. The molecule has 0 saturated carbocycles. The van der Waals surface area contributed by atoms with Crippen LogP contribution in [0.15, 0.2) is 224 Å². The molecule has 0 saturated heterocycles. The zero-order valence-electron chi connectivity index (χ0n) is 40.9. The Morgan fingerprint density at radius 3 is 1.16 bits per heavy atom. The lowest BCUT2D eigenvalue weighted by molar-refractivity contribution is 1.14. The highest BCUT2D eigenvalue weighted by Gasteiger charge is 2.23. The summed E-state index contributed by atoms with van der Waals surface area (Å²) < 4.78 is 6.71. The van der Waals surface area contributed by atoms with E-state index in [0.717, 1.165) is 66.4 Å². The van der Waals surface area contributed by atoms with Gasteiger partial charge in [0.1, 0.15) is 12.1 Å². The van der Waals surface area contributed by atoms with Crippen molar-refractivity contribution in [3.63, 3.8) is 0 Å². The van der Waals surface area contributed by atoms with E-state index in [9.17, 15) is 21.0 Å². The average Bonchev–Trinajstić information content (AvgIpc) is 4.29. The fourth-order valence-electron chi connectivity index (χ4n) is 11.4. The van der Waals surface area contributed by atoms with E-state index in [4.69, 9.17) is 9.97 Å². The van der Waals surface area contributed by atoms with Gasteiger partial charge < -0.3 is 13.7 Å². The van der Waals surface area contributed by atoms with Crippen LogP contribution < -0.4 is 0 Å². The minimum absolute atomic E-state index is 0.345. The summed E-state index contributed by atoms with van der Waals surface area (Å²) in [5.41, 5.74) is 14.8. The van der Waals surface area contributed by atoms with Gasteiger partial charge in [0.25, 0.3) is 0 Å². The molecule has 0 amide bonds. The third kappa shape index (κ3) is 6.98. The van der Waals surface area contributed by atoms with Crippen LogP contribution in [0.2, 0.25) is 0 Å². The first-order valence-corrected chi connectivity index (χ1v) is 25.0. The lowest BCUT2D eigenvalue weighted by atomic mass is 9.96. The molecule has 77 heavy (non-hydrogen) atoms. The van der Waals surface area contributed by atoms with Crippen molar-refractivity contribution in [3.05, 3.63) is 247 Å². The van der Waals surface area contributed by atoms with Crippen molar-refractivity contribution in [2.75, 3.05) is 0 Å². The second-order valence-corrected chi connectivity index (χ2v) is 19.0. The van der Waals surface area contributed by atoms with E-state index in [2.05, 4.69) is 171 Å². The number of rotatable bonds is 7. The minimum atomic E-state index is 0.345. The van der Waals surface area contributed by atoms with Gasteiger partial charge in [-0.3, -0.25) is 0 Å². The molecule has 10 aromatic carbocycles. The molecule has 0 atom stereocenters. The normalized spacial score (nSPS) is 11.3. The van der Waals surface area contributed by atoms with Crippen LogP contribution in [0.1, 0.15) is 22.3 Å². The number of benzene rings is 10. The van der Waals surface area contributed by atoms with E-state index < -0.39 is 0 Å². The van der Waals surface area contributed by atoms with Crippen LogP contribution in [0.25, 0.3) is 128 Å². The zero-order valence-corrected chi connectivity index (χ0v) is 40.9. The molecular formula is C68H37N9. The van der Waals surface area contributed by atoms with E-state index in [1.54, 1.807) is 18.2 Å². The van der Waals surface area contributed by atoms with Crippen molar-refractivity contribution in [1.82, 2.24) is 23.7 Å². The summed E-state index contributed by atoms with van der Waals surface area (Å²) in [5, 5.41) is 49.0. The predicted molar refractivity (Wildman–Crippen MR) is 306 cm³/mol. The number of nitriles is 4. The number of nitrogens with zero attached hydrogens (tertiary/aromatic N) is 9. The summed E-state index contributed by atoms with van der Waals surface area (Å²) in [6.07, 6.45) is 0. The predicted octanol–water partition coefficient (Wildman–Crippen LogP) is 15.9. The van der Waals surface area contributed by atoms with Crippen LogP contribution in [0.3, 0.4) is 0 Å². The van der Waals surface area contributed by atoms with Crippen LogP contribution in [0.4, 0.5) is 0 Å². The molecule has 9 nitrogen and oxygen atoms in total. The van der Waals surface area contributed by atoms with Crippen molar-refractivity contribution in [1.29, 1.82) is 21.0 Å². The van der Waals surface area contributed by atoms with E-state index >= 15 is 0 Å². The second-order valence-electron chi connectivity index (χ2n) is 19.0. The van der Waals surface area contributed by atoms with Crippen molar-refractivity contribution in [3.8, 4) is 86.4 Å². The Morgan fingerprint density at radius 2 is 0.675 bits per heavy atom. The summed E-state index contributed by atoms with van der Waals surface area (Å²) in [6, 6.07) is 84.3. The molecule has 0 aliphatic rings. The van der Waals surface area contributed by atoms with Crippen molar-refractivity contribution < 1.29 is 0 Å². The highest BCUT2D eigenvalue weighted by atomic mass is 15.0. The highest BCUT2D eigenvalue weighted by Crippen LogP contribution is 2.42. The summed E-state index contributed by atoms with van der Waals surface area (Å²) >= 11 is 0. The Hall–Kier alpha value is -11.4. The van der Waals surface area contributed by atoms with E-state index in [1.165, 1.54) is 21.5 Å². The van der Waals surface area contributed by atoms with Gasteiger partial charge in [-0.1, -0.05) is 127 Å². The van der Waals surface area contributed by atoms with E-state index in [-0.39, 0.29) is 0 Å². The summed E-state index contributed by atoms with van der Waals surface area (Å²) in [6.45, 7) is 0. The summed E-state index contributed by atoms with van der Waals surface area (Å²) in [5.74, 6) is 0.357. The largest absolute Gasteiger partial charge is 0.309 e. The molecule has 14 aromatic rings. The van der Waals surface area contributed by atoms with Crippen molar-refractivity contribution in [2.45, 2.75) is 0 Å². The SMILES string of the molecule is N#Cc1ccccc1-c1cc(-c2ccc(-c3cc(C#N)c(-n4c5ccc(-n6c7ccccc7c7ccccc76)cc5c5cc(-n6c7ccccc7c7ccccc76)ccc54)c(C#N)c3)cc2)nc(-c2ccccc2C#N)n1. The molecule has 0 aliphatic heterocycles. The van der Waals surface area contributed by atoms with Crippen LogP contribution in [0.5, 0.6) is 0 Å². The van der Waals surface area contributed by atoms with Gasteiger partial charge in [-0.2, -0.15) is 21.0 Å². The molecule has 0 spiro atoms. The van der Waals surface area contributed by atoms with Gasteiger partial charge in [0.05, 0.1) is 84.6 Å². The maximum atomic E-state index is 11.2. The molecule has 14 rings (SSSR count). The number of hydrogen-bond acceptors (Lipinski definition) is 6. The van der Waals surface area contributed by atoms with Crippen LogP contribution in [-0.2, 0) is 0 Å². The Labute approximate surface area is 441 Å². The topological polar surface area (TPSA) is 136 Å². The summed E-state index contributed by atoms with van der Waals surface area (Å²) in [4.78, 5) is 9.85. The van der Waals surface area contributed by atoms with Crippen molar-refractivity contribution >= 4 is 65.4 Å². The van der Waals surface area contributed by atoms with Crippen LogP contribution >= 0.6 is 0 Å². The van der Waals surface area contributed by atoms with Gasteiger partial charge in [-0.05, 0) is 108 Å². The first-order valence-electron chi connectivity index (χ1n) is 25.0. The van der Waals surface area contributed by atoms with E-state index in [1.807, 2.05) is 72.8 Å². The number of hydrogen-bond donors (Lipinski definition) is 0. The fourth-order valence-corrected chi connectivity index (χ4v) is 11.4. The summed E-state index contributed by atoms with van der Waals surface area (Å²) in [7, 11) is 0. The first-order chi connectivity index (χ1) is 38.0. The monoisotopic (exact) mass is 979 g/mol. The van der Waals surface area contributed by atoms with Gasteiger partial charge in [-0.15, -0.1) is 0 Å². The Bertz CT molecular complexity index is 4600. The zero-order chi connectivity index (χ0) is 51.7. The number of para-hydroxylation sites is 4. The molecule has 0 radical (unpaired) electrons. The lowest BCUT2D eigenvalue weighted by Gasteiger charge is -2.15. The Morgan fingerprint density at radius 1 is 0.286 bits per heavy atom. The third-order valence-corrected chi connectivity index (χ3v) is 14.8. The van der Waals surface area contributed by atoms with Crippen LogP contribution in [-0.4, -0.2) is 23.7 Å². The molecule has 354 valence electrons. The van der Waals surface area contributed by atoms with Gasteiger partial charge >= 0.3 is 0 Å². The fraction of sp³-hybridized carbons (Fsp3) is 0. The Kier molecular flexibility index (Phi) is 10.2. The van der Waals surface area contributed by atoms with Crippen molar-refractivity contribution in [2.24, 2.45) is 0 Å². The second kappa shape index (κ2) is 17.7. The molecule has 9 heteroatoms. The molecule has 0 fully saturated rings. The third-order valence-electron chi connectivity index (χ3n) is 14.8. The molecule has 0 N–H and O–H groups in total. The maximum absolute atomic E-state index is 11.2. The average molecular weight is 980 g/mol. The highest BCUT2D eigenvalue weighted by molar-refractivity contribution is 6.14. The smallest absolute Gasteiger partial charge is 0.161 e. The number of aromatic nitrogens is 5. The minimum Gasteiger partial charge on any atom is -0.309 e. The molecule has 0 unspecified atom stereocenters. The molecular weight excluding hydrogens is 943 g/mol. The van der Waals surface area contributed by atoms with Crippen LogP contribution in [0, 0.1) is 45.3 Å². The van der Waals surface area contributed by atoms with Gasteiger partial charge in [0, 0.05) is 60.4 Å². The van der Waals surface area contributed by atoms with E-state index in [0.29, 0.717) is 61.8 Å². The standard InChI is InChI=1S/C68H37N9/c69-38-44-13-1-3-15-51(44)60-37-59(73-68(74-60)52-16-4-2-14-45(52)39-70)43-27-25-42(26-28-43)46-33-47(40-71)67(48(34-46)41-72)77-65-31-29-49(75-61-21-9-5-17-53(61)54-18-6-10-22-62(54)75)35-57(65)58-36-50(30-32-66(58)77)76-63-23-11-7-19-55(63)56-20-8-12-24-64(56)76/h1-37H. The quantitative estimate of drug-likeness (QED) is 0.156. The molecule has 0 bridgehead atoms.